The number of morpholine rings is 1. The Bertz CT molecular complexity index is 1610. The fourth-order valence-corrected chi connectivity index (χ4v) is 8.12. The maximum absolute atomic E-state index is 14.6. The highest BCUT2D eigenvalue weighted by atomic mass is 35.5. The molecule has 10 heteroatoms. The van der Waals surface area contributed by atoms with Crippen molar-refractivity contribution in [2.45, 2.75) is 41.5 Å². The molecule has 3 unspecified atom stereocenters. The van der Waals surface area contributed by atoms with Crippen molar-refractivity contribution in [3.63, 3.8) is 0 Å². The van der Waals surface area contributed by atoms with Crippen molar-refractivity contribution in [2.75, 3.05) is 39.4 Å². The lowest BCUT2D eigenvalue weighted by Crippen LogP contribution is -2.49. The fourth-order valence-electron chi connectivity index (χ4n) is 6.39. The minimum absolute atomic E-state index is 0.0602. The molecule has 3 heterocycles. The van der Waals surface area contributed by atoms with Gasteiger partial charge in [-0.1, -0.05) is 59.6 Å². The molecule has 0 spiro atoms. The number of aromatic nitrogens is 1. The number of hydrogen-bond acceptors (Lipinski definition) is 5. The summed E-state index contributed by atoms with van der Waals surface area (Å²) >= 11 is 14.0. The smallest absolute Gasteiger partial charge is 0.239 e. The number of halogens is 2. The quantitative estimate of drug-likeness (QED) is 0.183. The minimum atomic E-state index is -1.13. The van der Waals surface area contributed by atoms with Crippen LogP contribution < -0.4 is 5.32 Å². The third-order valence-electron chi connectivity index (χ3n) is 8.63. The molecule has 2 aliphatic heterocycles. The number of benzene rings is 3. The Balaban J connectivity index is 1.41. The van der Waals surface area contributed by atoms with Gasteiger partial charge in [0.05, 0.1) is 31.7 Å². The van der Waals surface area contributed by atoms with Crippen LogP contribution in [-0.4, -0.2) is 70.7 Å². The Morgan fingerprint density at radius 3 is 2.55 bits per heavy atom. The molecule has 230 valence electrons. The maximum atomic E-state index is 14.6. The number of thioether (sulfide) groups is 1. The molecule has 0 radical (unpaired) electrons. The number of carbonyl (C=O) groups excluding carboxylic acids is 2. The molecule has 2 aliphatic rings. The summed E-state index contributed by atoms with van der Waals surface area (Å²) < 4.78 is 4.34. The predicted octanol–water partition coefficient (Wildman–Crippen LogP) is 6.88. The number of nitrogens with zero attached hydrogens (tertiary/aromatic N) is 2. The monoisotopic (exact) mass is 650 g/mol. The first-order valence-electron chi connectivity index (χ1n) is 15.0. The molecule has 0 saturated carbocycles. The Kier molecular flexibility index (Phi) is 9.54. The van der Waals surface area contributed by atoms with Crippen LogP contribution in [0.1, 0.15) is 43.0 Å². The lowest BCUT2D eigenvalue weighted by Gasteiger charge is -2.39. The zero-order valence-corrected chi connectivity index (χ0v) is 26.9. The number of carbonyl (C=O) groups is 2. The second kappa shape index (κ2) is 13.5. The van der Waals surface area contributed by atoms with Crippen LogP contribution >= 0.6 is 35.0 Å². The first-order chi connectivity index (χ1) is 21.4. The molecule has 0 aliphatic carbocycles. The summed E-state index contributed by atoms with van der Waals surface area (Å²) in [5, 5.41) is 5.43. The van der Waals surface area contributed by atoms with Crippen molar-refractivity contribution in [3.8, 4) is 0 Å². The van der Waals surface area contributed by atoms with Gasteiger partial charge in [0, 0.05) is 57.2 Å². The molecule has 6 rings (SSSR count). The van der Waals surface area contributed by atoms with E-state index in [-0.39, 0.29) is 24.3 Å². The van der Waals surface area contributed by atoms with E-state index in [1.165, 1.54) is 11.8 Å². The second-order valence-corrected chi connectivity index (χ2v) is 13.7. The van der Waals surface area contributed by atoms with Crippen LogP contribution in [0.25, 0.3) is 10.9 Å². The summed E-state index contributed by atoms with van der Waals surface area (Å²) in [6.07, 6.45) is 2.80. The summed E-state index contributed by atoms with van der Waals surface area (Å²) in [4.78, 5) is 37.4. The Labute approximate surface area is 272 Å². The van der Waals surface area contributed by atoms with Crippen molar-refractivity contribution < 1.29 is 14.3 Å². The van der Waals surface area contributed by atoms with Gasteiger partial charge in [-0.15, -0.1) is 11.8 Å². The van der Waals surface area contributed by atoms with Gasteiger partial charge >= 0.3 is 0 Å². The van der Waals surface area contributed by atoms with Gasteiger partial charge in [-0.3, -0.25) is 14.5 Å². The number of nitrogens with one attached hydrogen (secondary N) is 2. The van der Waals surface area contributed by atoms with Crippen LogP contribution in [0.2, 0.25) is 10.0 Å². The van der Waals surface area contributed by atoms with Gasteiger partial charge < -0.3 is 19.9 Å². The van der Waals surface area contributed by atoms with E-state index in [0.29, 0.717) is 16.6 Å². The zero-order chi connectivity index (χ0) is 30.7. The molecule has 4 aromatic rings. The third-order valence-corrected chi connectivity index (χ3v) is 10.5. The lowest BCUT2D eigenvalue weighted by molar-refractivity contribution is -0.131. The van der Waals surface area contributed by atoms with E-state index in [9.17, 15) is 9.59 Å². The lowest BCUT2D eigenvalue weighted by atomic mass is 9.90. The number of amides is 2. The van der Waals surface area contributed by atoms with E-state index in [1.807, 2.05) is 90.8 Å². The van der Waals surface area contributed by atoms with E-state index < -0.39 is 10.8 Å². The van der Waals surface area contributed by atoms with E-state index in [2.05, 4.69) is 15.2 Å². The number of rotatable bonds is 10. The van der Waals surface area contributed by atoms with Crippen LogP contribution in [0.15, 0.2) is 83.9 Å². The standard InChI is InChI=1S/C34H36Cl2N4O3S/c1-23(24-8-10-25(35)11-9-24)40-31(41)21-34(44-27-6-3-2-4-7-27,33(42)37-14-5-15-39-16-18-43-19-17-39)32(40)29-22-38-30-20-26(36)12-13-28(29)30/h2-4,6-13,20,22-23,32,38H,5,14-19,21H2,1H3,(H,37,42). The summed E-state index contributed by atoms with van der Waals surface area (Å²) in [5.41, 5.74) is 2.69. The largest absolute Gasteiger partial charge is 0.379 e. The second-order valence-electron chi connectivity index (χ2n) is 11.4. The van der Waals surface area contributed by atoms with Crippen LogP contribution in [-0.2, 0) is 14.3 Å². The predicted molar refractivity (Wildman–Crippen MR) is 177 cm³/mol. The topological polar surface area (TPSA) is 77.7 Å². The van der Waals surface area contributed by atoms with Crippen molar-refractivity contribution >= 4 is 57.7 Å². The summed E-state index contributed by atoms with van der Waals surface area (Å²) in [6, 6.07) is 22.3. The molecule has 3 atom stereocenters. The molecule has 2 amide bonds. The molecule has 2 N–H and O–H groups in total. The molecular weight excluding hydrogens is 615 g/mol. The molecule has 2 fully saturated rings. The van der Waals surface area contributed by atoms with Crippen molar-refractivity contribution in [1.82, 2.24) is 20.1 Å². The van der Waals surface area contributed by atoms with Crippen LogP contribution in [0.3, 0.4) is 0 Å². The van der Waals surface area contributed by atoms with Crippen LogP contribution in [0.5, 0.6) is 0 Å². The number of likely N-dealkylation sites (tertiary alicyclic amines) is 1. The molecule has 2 saturated heterocycles. The first-order valence-corrected chi connectivity index (χ1v) is 16.6. The molecule has 7 nitrogen and oxygen atoms in total. The highest BCUT2D eigenvalue weighted by Gasteiger charge is 2.59. The average molecular weight is 652 g/mol. The number of ether oxygens (including phenoxy) is 1. The Morgan fingerprint density at radius 1 is 1.07 bits per heavy atom. The van der Waals surface area contributed by atoms with E-state index >= 15 is 0 Å². The van der Waals surface area contributed by atoms with E-state index in [4.69, 9.17) is 27.9 Å². The number of aromatic amines is 1. The Hall–Kier alpha value is -3.01. The van der Waals surface area contributed by atoms with Crippen molar-refractivity contribution in [3.05, 3.63) is 100 Å². The highest BCUT2D eigenvalue weighted by Crippen LogP contribution is 2.56. The maximum Gasteiger partial charge on any atom is 0.239 e. The average Bonchev–Trinajstić information content (AvgIpc) is 3.57. The van der Waals surface area contributed by atoms with Crippen molar-refractivity contribution in [2.24, 2.45) is 0 Å². The Morgan fingerprint density at radius 2 is 1.80 bits per heavy atom. The third kappa shape index (κ3) is 6.37. The number of fused-ring (bicyclic) bond motifs is 1. The van der Waals surface area contributed by atoms with Gasteiger partial charge in [-0.05, 0) is 61.9 Å². The van der Waals surface area contributed by atoms with Gasteiger partial charge in [0.15, 0.2) is 0 Å². The van der Waals surface area contributed by atoms with Crippen LogP contribution in [0, 0.1) is 0 Å². The van der Waals surface area contributed by atoms with Crippen molar-refractivity contribution in [1.29, 1.82) is 0 Å². The number of hydrogen-bond donors (Lipinski definition) is 2. The van der Waals surface area contributed by atoms with E-state index in [1.54, 1.807) is 0 Å². The summed E-state index contributed by atoms with van der Waals surface area (Å²) in [6.45, 7) is 6.71. The molecule has 1 aromatic heterocycles. The SMILES string of the molecule is CC(c1ccc(Cl)cc1)N1C(=O)CC(Sc2ccccc2)(C(=O)NCCCN2CCOCC2)C1c1c[nH]c2cc(Cl)ccc12. The molecular formula is C34H36Cl2N4O3S. The van der Waals surface area contributed by atoms with Crippen LogP contribution in [0.4, 0.5) is 0 Å². The zero-order valence-electron chi connectivity index (χ0n) is 24.6. The summed E-state index contributed by atoms with van der Waals surface area (Å²) in [5.74, 6) is -0.214. The fraction of sp³-hybridized carbons (Fsp3) is 0.353. The number of H-pyrrole nitrogens is 1. The summed E-state index contributed by atoms with van der Waals surface area (Å²) in [7, 11) is 0. The molecule has 44 heavy (non-hydrogen) atoms. The van der Waals surface area contributed by atoms with Gasteiger partial charge in [-0.25, -0.2) is 0 Å². The van der Waals surface area contributed by atoms with Gasteiger partial charge in [0.2, 0.25) is 11.8 Å². The molecule has 0 bridgehead atoms. The van der Waals surface area contributed by atoms with Gasteiger partial charge in [0.1, 0.15) is 4.75 Å². The highest BCUT2D eigenvalue weighted by molar-refractivity contribution is 8.01. The molecule has 3 aromatic carbocycles. The first kappa shape index (κ1) is 31.0. The van der Waals surface area contributed by atoms with Gasteiger partial charge in [0.25, 0.3) is 0 Å². The van der Waals surface area contributed by atoms with Gasteiger partial charge in [-0.2, -0.15) is 0 Å². The normalized spacial score (nSPS) is 21.6. The minimum Gasteiger partial charge on any atom is -0.379 e. The van der Waals surface area contributed by atoms with E-state index in [0.717, 1.165) is 66.2 Å².